The normalized spacial score (nSPS) is 13.6. The summed E-state index contributed by atoms with van der Waals surface area (Å²) in [4.78, 5) is 41.9. The quantitative estimate of drug-likeness (QED) is 0.114. The SMILES string of the molecule is CCCCNc1nc(NCCCC)nc(N2CCN(c3c(F)cc4c(=O)c(C(=O)O)cn(Cc5ccc(C(F)(F)F)cc5)c4c3F)CC2)n1. The molecule has 16 heteroatoms. The monoisotopic (exact) mass is 688 g/mol. The minimum Gasteiger partial charge on any atom is -0.477 e. The van der Waals surface area contributed by atoms with Crippen LogP contribution in [0.2, 0.25) is 0 Å². The van der Waals surface area contributed by atoms with E-state index in [0.29, 0.717) is 44.0 Å². The Balaban J connectivity index is 1.45. The van der Waals surface area contributed by atoms with E-state index in [0.717, 1.165) is 54.6 Å². The molecule has 2 aromatic carbocycles. The van der Waals surface area contributed by atoms with Crippen LogP contribution >= 0.6 is 0 Å². The van der Waals surface area contributed by atoms with Crippen LogP contribution in [0.1, 0.15) is 61.0 Å². The van der Waals surface area contributed by atoms with E-state index in [1.165, 1.54) is 17.0 Å². The number of carboxylic acid groups (broad SMARTS) is 1. The van der Waals surface area contributed by atoms with Crippen molar-refractivity contribution >= 4 is 40.4 Å². The number of aromatic carboxylic acids is 1. The smallest absolute Gasteiger partial charge is 0.416 e. The number of hydrogen-bond acceptors (Lipinski definition) is 9. The van der Waals surface area contributed by atoms with Crippen molar-refractivity contribution in [3.8, 4) is 0 Å². The minimum atomic E-state index is -4.58. The van der Waals surface area contributed by atoms with Crippen molar-refractivity contribution in [1.82, 2.24) is 19.5 Å². The Hall–Kier alpha value is -5.02. The molecular formula is C33H37F5N8O3. The number of carboxylic acids is 1. The topological polar surface area (TPSA) is 129 Å². The summed E-state index contributed by atoms with van der Waals surface area (Å²) in [5, 5.41) is 15.6. The van der Waals surface area contributed by atoms with Crippen molar-refractivity contribution in [2.75, 3.05) is 59.7 Å². The molecule has 0 radical (unpaired) electrons. The number of hydrogen-bond donors (Lipinski definition) is 3. The first-order valence-corrected chi connectivity index (χ1v) is 16.1. The average Bonchev–Trinajstić information content (AvgIpc) is 3.06. The molecule has 0 saturated carbocycles. The van der Waals surface area contributed by atoms with Gasteiger partial charge in [-0.3, -0.25) is 4.79 Å². The van der Waals surface area contributed by atoms with Gasteiger partial charge in [0.15, 0.2) is 5.82 Å². The summed E-state index contributed by atoms with van der Waals surface area (Å²) in [6.45, 7) is 6.11. The lowest BCUT2D eigenvalue weighted by atomic mass is 10.1. The van der Waals surface area contributed by atoms with Gasteiger partial charge in [0.2, 0.25) is 23.3 Å². The maximum atomic E-state index is 16.4. The number of benzene rings is 2. The fourth-order valence-electron chi connectivity index (χ4n) is 5.59. The molecule has 11 nitrogen and oxygen atoms in total. The second-order valence-electron chi connectivity index (χ2n) is 11.7. The Morgan fingerprint density at radius 3 is 2.00 bits per heavy atom. The van der Waals surface area contributed by atoms with Crippen LogP contribution in [0.15, 0.2) is 41.3 Å². The lowest BCUT2D eigenvalue weighted by Gasteiger charge is -2.36. The molecule has 49 heavy (non-hydrogen) atoms. The van der Waals surface area contributed by atoms with Crippen LogP contribution in [0.5, 0.6) is 0 Å². The standard InChI is InChI=1S/C33H37F5N8O3/c1-3-5-11-39-30-41-31(40-12-6-4-2)43-32(42-30)45-15-13-44(14-16-45)27-24(34)17-22-26(25(27)35)46(19-23(28(22)47)29(48)49)18-20-7-9-21(10-8-20)33(36,37)38/h7-10,17,19H,3-6,11-16,18H2,1-2H3,(H,48,49)(H2,39,40,41,42,43). The highest BCUT2D eigenvalue weighted by Gasteiger charge is 2.31. The number of rotatable bonds is 13. The Labute approximate surface area is 278 Å². The first-order valence-electron chi connectivity index (χ1n) is 16.1. The van der Waals surface area contributed by atoms with Gasteiger partial charge in [-0.25, -0.2) is 13.6 Å². The number of pyridine rings is 1. The largest absolute Gasteiger partial charge is 0.477 e. The number of halogens is 5. The molecule has 1 saturated heterocycles. The molecule has 5 rings (SSSR count). The molecule has 0 unspecified atom stereocenters. The average molecular weight is 689 g/mol. The number of fused-ring (bicyclic) bond motifs is 1. The molecule has 1 fully saturated rings. The highest BCUT2D eigenvalue weighted by Crippen LogP contribution is 2.33. The number of nitrogens with zero attached hydrogens (tertiary/aromatic N) is 6. The second kappa shape index (κ2) is 15.0. The van der Waals surface area contributed by atoms with E-state index in [1.807, 2.05) is 4.90 Å². The maximum Gasteiger partial charge on any atom is 0.416 e. The van der Waals surface area contributed by atoms with Crippen LogP contribution in [0, 0.1) is 11.6 Å². The van der Waals surface area contributed by atoms with Gasteiger partial charge in [-0.1, -0.05) is 38.8 Å². The van der Waals surface area contributed by atoms with Crippen LogP contribution in [0.3, 0.4) is 0 Å². The van der Waals surface area contributed by atoms with Gasteiger partial charge < -0.3 is 30.1 Å². The van der Waals surface area contributed by atoms with E-state index in [4.69, 9.17) is 0 Å². The van der Waals surface area contributed by atoms with E-state index in [-0.39, 0.29) is 30.7 Å². The second-order valence-corrected chi connectivity index (χ2v) is 11.7. The molecule has 3 N–H and O–H groups in total. The minimum absolute atomic E-state index is 0.151. The summed E-state index contributed by atoms with van der Waals surface area (Å²) in [6.07, 6.45) is 0.178. The Morgan fingerprint density at radius 1 is 0.898 bits per heavy atom. The molecule has 262 valence electrons. The predicted octanol–water partition coefficient (Wildman–Crippen LogP) is 5.98. The number of piperazine rings is 1. The number of alkyl halides is 3. The zero-order chi connectivity index (χ0) is 35.3. The van der Waals surface area contributed by atoms with Crippen molar-refractivity contribution in [2.24, 2.45) is 0 Å². The van der Waals surface area contributed by atoms with Crippen LogP contribution in [-0.4, -0.2) is 69.9 Å². The summed E-state index contributed by atoms with van der Waals surface area (Å²) >= 11 is 0. The van der Waals surface area contributed by atoms with Gasteiger partial charge in [0.05, 0.1) is 16.5 Å². The molecule has 4 aromatic rings. The van der Waals surface area contributed by atoms with Crippen molar-refractivity contribution in [3.05, 3.63) is 75.1 Å². The van der Waals surface area contributed by atoms with E-state index in [1.54, 1.807) is 0 Å². The van der Waals surface area contributed by atoms with Crippen molar-refractivity contribution in [1.29, 1.82) is 0 Å². The van der Waals surface area contributed by atoms with Gasteiger partial charge in [0, 0.05) is 52.0 Å². The van der Waals surface area contributed by atoms with E-state index in [9.17, 15) is 27.9 Å². The van der Waals surface area contributed by atoms with E-state index in [2.05, 4.69) is 39.4 Å². The molecular weight excluding hydrogens is 651 g/mol. The first kappa shape index (κ1) is 35.3. The highest BCUT2D eigenvalue weighted by molar-refractivity contribution is 5.94. The number of anilines is 4. The number of carbonyl (C=O) groups is 1. The summed E-state index contributed by atoms with van der Waals surface area (Å²) in [5.74, 6) is -2.52. The summed E-state index contributed by atoms with van der Waals surface area (Å²) in [5.41, 5.74) is -3.21. The van der Waals surface area contributed by atoms with Crippen LogP contribution in [0.25, 0.3) is 10.9 Å². The fraction of sp³-hybridized carbons (Fsp3) is 0.424. The molecule has 0 spiro atoms. The molecule has 1 aliphatic rings. The fourth-order valence-corrected chi connectivity index (χ4v) is 5.59. The van der Waals surface area contributed by atoms with Gasteiger partial charge in [-0.15, -0.1) is 0 Å². The third kappa shape index (κ3) is 8.00. The van der Waals surface area contributed by atoms with Gasteiger partial charge in [0.1, 0.15) is 17.1 Å². The number of aromatic nitrogens is 4. The highest BCUT2D eigenvalue weighted by atomic mass is 19.4. The first-order chi connectivity index (χ1) is 23.4. The molecule has 0 atom stereocenters. The summed E-state index contributed by atoms with van der Waals surface area (Å²) < 4.78 is 72.5. The van der Waals surface area contributed by atoms with Gasteiger partial charge in [-0.05, 0) is 36.6 Å². The number of unbranched alkanes of at least 4 members (excludes halogenated alkanes) is 2. The molecule has 3 heterocycles. The lowest BCUT2D eigenvalue weighted by Crippen LogP contribution is -2.48. The Kier molecular flexibility index (Phi) is 10.8. The third-order valence-electron chi connectivity index (χ3n) is 8.22. The molecule has 0 amide bonds. The molecule has 0 aliphatic carbocycles. The number of nitrogens with one attached hydrogen (secondary N) is 2. The van der Waals surface area contributed by atoms with E-state index < -0.39 is 51.4 Å². The molecule has 0 bridgehead atoms. The van der Waals surface area contributed by atoms with Crippen molar-refractivity contribution in [3.63, 3.8) is 0 Å². The zero-order valence-electron chi connectivity index (χ0n) is 27.1. The summed E-state index contributed by atoms with van der Waals surface area (Å²) in [6, 6.07) is 4.85. The third-order valence-corrected chi connectivity index (χ3v) is 8.22. The van der Waals surface area contributed by atoms with Crippen LogP contribution < -0.4 is 25.9 Å². The van der Waals surface area contributed by atoms with Crippen LogP contribution in [-0.2, 0) is 12.7 Å². The Morgan fingerprint density at radius 2 is 1.47 bits per heavy atom. The van der Waals surface area contributed by atoms with Gasteiger partial charge >= 0.3 is 12.1 Å². The molecule has 2 aromatic heterocycles. The Bertz CT molecular complexity index is 1830. The predicted molar refractivity (Wildman–Crippen MR) is 177 cm³/mol. The van der Waals surface area contributed by atoms with Crippen molar-refractivity contribution < 1.29 is 31.9 Å². The zero-order valence-corrected chi connectivity index (χ0v) is 27.1. The molecule has 1 aliphatic heterocycles. The lowest BCUT2D eigenvalue weighted by molar-refractivity contribution is -0.137. The van der Waals surface area contributed by atoms with Crippen LogP contribution in [0.4, 0.5) is 45.5 Å². The maximum absolute atomic E-state index is 16.4. The van der Waals surface area contributed by atoms with Crippen molar-refractivity contribution in [2.45, 2.75) is 52.3 Å². The van der Waals surface area contributed by atoms with E-state index >= 15 is 8.78 Å². The summed E-state index contributed by atoms with van der Waals surface area (Å²) in [7, 11) is 0. The van der Waals surface area contributed by atoms with Gasteiger partial charge in [0.25, 0.3) is 0 Å². The van der Waals surface area contributed by atoms with Gasteiger partial charge in [-0.2, -0.15) is 28.1 Å².